The van der Waals surface area contributed by atoms with Crippen LogP contribution in [0.4, 0.5) is 10.1 Å². The van der Waals surface area contributed by atoms with Crippen LogP contribution in [0.5, 0.6) is 0 Å². The van der Waals surface area contributed by atoms with Gasteiger partial charge in [-0.2, -0.15) is 0 Å². The van der Waals surface area contributed by atoms with Gasteiger partial charge in [0, 0.05) is 28.4 Å². The van der Waals surface area contributed by atoms with Crippen LogP contribution in [0.15, 0.2) is 48.8 Å². The Morgan fingerprint density at radius 3 is 2.67 bits per heavy atom. The molecule has 7 heteroatoms. The second kappa shape index (κ2) is 6.80. The summed E-state index contributed by atoms with van der Waals surface area (Å²) in [5.74, 6) is -0.117. The fourth-order valence-electron chi connectivity index (χ4n) is 2.31. The topological polar surface area (TPSA) is 59.8 Å². The highest BCUT2D eigenvalue weighted by molar-refractivity contribution is 6.31. The number of carbonyl (C=O) groups is 1. The van der Waals surface area contributed by atoms with Gasteiger partial charge in [-0.3, -0.25) is 4.79 Å². The van der Waals surface area contributed by atoms with E-state index >= 15 is 0 Å². The highest BCUT2D eigenvalue weighted by Crippen LogP contribution is 2.20. The van der Waals surface area contributed by atoms with Gasteiger partial charge in [-0.15, -0.1) is 10.2 Å². The Labute approximate surface area is 143 Å². The molecule has 0 saturated carbocycles. The molecule has 1 N–H and O–H groups in total. The molecule has 0 atom stereocenters. The standard InChI is InChI=1S/C17H14ClFN4O/c1-2-23-10-20-22-16(23)11-3-5-12(6-4-11)17(24)21-15-8-13(18)7-14(19)9-15/h3-10H,2H2,1H3,(H,21,24). The lowest BCUT2D eigenvalue weighted by atomic mass is 10.1. The first-order chi connectivity index (χ1) is 11.6. The second-order valence-corrected chi connectivity index (χ2v) is 5.57. The summed E-state index contributed by atoms with van der Waals surface area (Å²) in [7, 11) is 0. The van der Waals surface area contributed by atoms with Crippen molar-refractivity contribution in [2.24, 2.45) is 0 Å². The van der Waals surface area contributed by atoms with Crippen molar-refractivity contribution in [3.05, 3.63) is 65.2 Å². The number of carbonyl (C=O) groups excluding carboxylic acids is 1. The molecular formula is C17H14ClFN4O. The summed E-state index contributed by atoms with van der Waals surface area (Å²) < 4.78 is 15.2. The number of amides is 1. The Morgan fingerprint density at radius 1 is 1.25 bits per heavy atom. The molecule has 0 saturated heterocycles. The highest BCUT2D eigenvalue weighted by Gasteiger charge is 2.10. The van der Waals surface area contributed by atoms with Gasteiger partial charge in [0.25, 0.3) is 5.91 Å². The largest absolute Gasteiger partial charge is 0.322 e. The molecule has 0 fully saturated rings. The number of aryl methyl sites for hydroxylation is 1. The maximum absolute atomic E-state index is 13.3. The van der Waals surface area contributed by atoms with Crippen molar-refractivity contribution in [1.29, 1.82) is 0 Å². The fourth-order valence-corrected chi connectivity index (χ4v) is 2.53. The zero-order valence-corrected chi connectivity index (χ0v) is 13.6. The number of nitrogens with zero attached hydrogens (tertiary/aromatic N) is 3. The molecule has 1 heterocycles. The quantitative estimate of drug-likeness (QED) is 0.778. The summed E-state index contributed by atoms with van der Waals surface area (Å²) in [6.45, 7) is 2.75. The second-order valence-electron chi connectivity index (χ2n) is 5.13. The molecule has 0 bridgehead atoms. The van der Waals surface area contributed by atoms with Gasteiger partial charge < -0.3 is 9.88 Å². The minimum atomic E-state index is -0.507. The third kappa shape index (κ3) is 3.44. The van der Waals surface area contributed by atoms with Crippen LogP contribution in [-0.2, 0) is 6.54 Å². The predicted molar refractivity (Wildman–Crippen MR) is 90.5 cm³/mol. The molecule has 0 aliphatic heterocycles. The van der Waals surface area contributed by atoms with Crippen LogP contribution in [0.3, 0.4) is 0 Å². The number of hydrogen-bond acceptors (Lipinski definition) is 3. The minimum Gasteiger partial charge on any atom is -0.322 e. The van der Waals surface area contributed by atoms with E-state index in [-0.39, 0.29) is 10.9 Å². The van der Waals surface area contributed by atoms with Crippen LogP contribution >= 0.6 is 11.6 Å². The van der Waals surface area contributed by atoms with E-state index in [4.69, 9.17) is 11.6 Å². The molecule has 1 amide bonds. The number of nitrogens with one attached hydrogen (secondary N) is 1. The van der Waals surface area contributed by atoms with Gasteiger partial charge in [0.05, 0.1) is 0 Å². The molecule has 5 nitrogen and oxygen atoms in total. The van der Waals surface area contributed by atoms with Gasteiger partial charge in [-0.25, -0.2) is 4.39 Å². The van der Waals surface area contributed by atoms with Crippen LogP contribution in [0, 0.1) is 5.82 Å². The third-order valence-corrected chi connectivity index (χ3v) is 3.70. The molecule has 122 valence electrons. The molecule has 0 spiro atoms. The fraction of sp³-hybridized carbons (Fsp3) is 0.118. The molecule has 0 radical (unpaired) electrons. The Bertz CT molecular complexity index is 856. The first-order valence-corrected chi connectivity index (χ1v) is 7.70. The molecule has 1 aromatic heterocycles. The molecule has 0 aliphatic carbocycles. The Morgan fingerprint density at radius 2 is 2.00 bits per heavy atom. The lowest BCUT2D eigenvalue weighted by Crippen LogP contribution is -2.12. The lowest BCUT2D eigenvalue weighted by Gasteiger charge is -2.07. The van der Waals surface area contributed by atoms with Crippen LogP contribution in [-0.4, -0.2) is 20.7 Å². The average molecular weight is 345 g/mol. The lowest BCUT2D eigenvalue weighted by molar-refractivity contribution is 0.102. The van der Waals surface area contributed by atoms with E-state index in [0.717, 1.165) is 17.9 Å². The van der Waals surface area contributed by atoms with Crippen LogP contribution < -0.4 is 5.32 Å². The predicted octanol–water partition coefficient (Wildman–Crippen LogP) is 4.01. The summed E-state index contributed by atoms with van der Waals surface area (Å²) in [5.41, 5.74) is 1.61. The zero-order chi connectivity index (χ0) is 17.1. The van der Waals surface area contributed by atoms with E-state index in [0.29, 0.717) is 11.3 Å². The molecule has 2 aromatic carbocycles. The van der Waals surface area contributed by atoms with E-state index in [9.17, 15) is 9.18 Å². The van der Waals surface area contributed by atoms with Crippen LogP contribution in [0.25, 0.3) is 11.4 Å². The number of hydrogen-bond donors (Lipinski definition) is 1. The monoisotopic (exact) mass is 344 g/mol. The van der Waals surface area contributed by atoms with Gasteiger partial charge in [0.2, 0.25) is 0 Å². The van der Waals surface area contributed by atoms with E-state index in [2.05, 4.69) is 15.5 Å². The zero-order valence-electron chi connectivity index (χ0n) is 12.8. The molecule has 3 rings (SSSR count). The SMILES string of the molecule is CCn1cnnc1-c1ccc(C(=O)Nc2cc(F)cc(Cl)c2)cc1. The van der Waals surface area contributed by atoms with Crippen molar-refractivity contribution in [1.82, 2.24) is 14.8 Å². The van der Waals surface area contributed by atoms with Gasteiger partial charge in [0.1, 0.15) is 12.1 Å². The highest BCUT2D eigenvalue weighted by atomic mass is 35.5. The van der Waals surface area contributed by atoms with Crippen LogP contribution in [0.1, 0.15) is 17.3 Å². The van der Waals surface area contributed by atoms with Crippen molar-refractivity contribution in [2.75, 3.05) is 5.32 Å². The molecule has 0 aliphatic rings. The van der Waals surface area contributed by atoms with E-state index in [1.54, 1.807) is 30.6 Å². The van der Waals surface area contributed by atoms with E-state index < -0.39 is 5.82 Å². The average Bonchev–Trinajstić information content (AvgIpc) is 3.02. The number of aromatic nitrogens is 3. The number of rotatable bonds is 4. The summed E-state index contributed by atoms with van der Waals surface area (Å²) in [6, 6.07) is 10.8. The smallest absolute Gasteiger partial charge is 0.255 e. The van der Waals surface area contributed by atoms with Gasteiger partial charge in [0.15, 0.2) is 5.82 Å². The Balaban J connectivity index is 1.79. The molecular weight excluding hydrogens is 331 g/mol. The summed E-state index contributed by atoms with van der Waals surface area (Å²) in [4.78, 5) is 12.2. The summed E-state index contributed by atoms with van der Waals surface area (Å²) >= 11 is 5.78. The number of benzene rings is 2. The first-order valence-electron chi connectivity index (χ1n) is 7.32. The normalized spacial score (nSPS) is 10.6. The molecule has 0 unspecified atom stereocenters. The minimum absolute atomic E-state index is 0.222. The Hall–Kier alpha value is -2.73. The van der Waals surface area contributed by atoms with Crippen molar-refractivity contribution in [2.45, 2.75) is 13.5 Å². The van der Waals surface area contributed by atoms with Gasteiger partial charge >= 0.3 is 0 Å². The van der Waals surface area contributed by atoms with Crippen molar-refractivity contribution < 1.29 is 9.18 Å². The van der Waals surface area contributed by atoms with Gasteiger partial charge in [-0.05, 0) is 37.3 Å². The molecule has 24 heavy (non-hydrogen) atoms. The van der Waals surface area contributed by atoms with Crippen molar-refractivity contribution >= 4 is 23.2 Å². The van der Waals surface area contributed by atoms with Crippen LogP contribution in [0.2, 0.25) is 5.02 Å². The van der Waals surface area contributed by atoms with Crippen molar-refractivity contribution in [3.8, 4) is 11.4 Å². The van der Waals surface area contributed by atoms with E-state index in [1.165, 1.54) is 18.2 Å². The Kier molecular flexibility index (Phi) is 4.57. The third-order valence-electron chi connectivity index (χ3n) is 3.48. The summed E-state index contributed by atoms with van der Waals surface area (Å²) in [6.07, 6.45) is 1.66. The summed E-state index contributed by atoms with van der Waals surface area (Å²) in [5, 5.41) is 10.8. The first kappa shape index (κ1) is 16.1. The maximum atomic E-state index is 13.3. The number of anilines is 1. The number of halogens is 2. The van der Waals surface area contributed by atoms with Crippen molar-refractivity contribution in [3.63, 3.8) is 0 Å². The van der Waals surface area contributed by atoms with Gasteiger partial charge in [-0.1, -0.05) is 23.7 Å². The molecule has 3 aromatic rings. The maximum Gasteiger partial charge on any atom is 0.255 e. The van der Waals surface area contributed by atoms with E-state index in [1.807, 2.05) is 11.5 Å².